The van der Waals surface area contributed by atoms with Gasteiger partial charge in [0.15, 0.2) is 0 Å². The largest absolute Gasteiger partial charge is 0.391 e. The van der Waals surface area contributed by atoms with Crippen LogP contribution in [0.25, 0.3) is 0 Å². The molecular weight excluding hydrogens is 325 g/mol. The molecule has 0 heterocycles. The SMILES string of the molecule is CCCC[C@@H](O)[C@@H](N)c1ccc(Cl)c(Br)c1.Cl. The Labute approximate surface area is 122 Å². The third-order valence-electron chi connectivity index (χ3n) is 2.60. The van der Waals surface area contributed by atoms with Gasteiger partial charge in [0.2, 0.25) is 0 Å². The molecule has 0 aliphatic rings. The fourth-order valence-corrected chi connectivity index (χ4v) is 2.05. The lowest BCUT2D eigenvalue weighted by molar-refractivity contribution is 0.132. The third-order valence-corrected chi connectivity index (χ3v) is 3.81. The first-order valence-electron chi connectivity index (χ1n) is 5.44. The van der Waals surface area contributed by atoms with E-state index in [0.29, 0.717) is 5.02 Å². The minimum absolute atomic E-state index is 0. The van der Waals surface area contributed by atoms with Crippen LogP contribution in [-0.2, 0) is 0 Å². The van der Waals surface area contributed by atoms with Crippen molar-refractivity contribution in [2.75, 3.05) is 0 Å². The summed E-state index contributed by atoms with van der Waals surface area (Å²) in [4.78, 5) is 0. The lowest BCUT2D eigenvalue weighted by Crippen LogP contribution is -2.26. The van der Waals surface area contributed by atoms with E-state index in [0.717, 1.165) is 29.3 Å². The Morgan fingerprint density at radius 2 is 2.12 bits per heavy atom. The topological polar surface area (TPSA) is 46.2 Å². The van der Waals surface area contributed by atoms with Crippen molar-refractivity contribution in [2.24, 2.45) is 5.73 Å². The molecule has 0 unspecified atom stereocenters. The van der Waals surface area contributed by atoms with Crippen molar-refractivity contribution < 1.29 is 5.11 Å². The Morgan fingerprint density at radius 3 is 2.65 bits per heavy atom. The third kappa shape index (κ3) is 5.14. The minimum Gasteiger partial charge on any atom is -0.391 e. The van der Waals surface area contributed by atoms with Crippen molar-refractivity contribution >= 4 is 39.9 Å². The van der Waals surface area contributed by atoms with Gasteiger partial charge in [0.25, 0.3) is 0 Å². The van der Waals surface area contributed by atoms with Crippen LogP contribution in [0.15, 0.2) is 22.7 Å². The van der Waals surface area contributed by atoms with Gasteiger partial charge in [-0.3, -0.25) is 0 Å². The summed E-state index contributed by atoms with van der Waals surface area (Å²) >= 11 is 9.25. The Bertz CT molecular complexity index is 349. The Kier molecular flexibility index (Phi) is 8.43. The number of aliphatic hydroxyl groups excluding tert-OH is 1. The van der Waals surface area contributed by atoms with E-state index in [4.69, 9.17) is 17.3 Å². The Balaban J connectivity index is 0.00000256. The first kappa shape index (κ1) is 17.2. The van der Waals surface area contributed by atoms with E-state index in [1.165, 1.54) is 0 Å². The molecule has 0 aliphatic heterocycles. The van der Waals surface area contributed by atoms with Crippen molar-refractivity contribution in [1.82, 2.24) is 0 Å². The second-order valence-electron chi connectivity index (χ2n) is 3.91. The van der Waals surface area contributed by atoms with E-state index in [1.807, 2.05) is 12.1 Å². The normalized spacial score (nSPS) is 13.9. The van der Waals surface area contributed by atoms with Gasteiger partial charge in [-0.05, 0) is 40.0 Å². The van der Waals surface area contributed by atoms with Crippen molar-refractivity contribution in [3.63, 3.8) is 0 Å². The summed E-state index contributed by atoms with van der Waals surface area (Å²) < 4.78 is 0.810. The van der Waals surface area contributed by atoms with E-state index in [-0.39, 0.29) is 18.4 Å². The van der Waals surface area contributed by atoms with Gasteiger partial charge in [-0.25, -0.2) is 0 Å². The zero-order valence-corrected chi connectivity index (χ0v) is 12.9. The average Bonchev–Trinajstić information content (AvgIpc) is 2.28. The zero-order valence-electron chi connectivity index (χ0n) is 9.70. The number of aliphatic hydroxyl groups is 1. The van der Waals surface area contributed by atoms with Gasteiger partial charge in [0.1, 0.15) is 0 Å². The van der Waals surface area contributed by atoms with Gasteiger partial charge in [-0.2, -0.15) is 0 Å². The van der Waals surface area contributed by atoms with E-state index >= 15 is 0 Å². The summed E-state index contributed by atoms with van der Waals surface area (Å²) in [6.45, 7) is 2.09. The Morgan fingerprint density at radius 1 is 1.47 bits per heavy atom. The standard InChI is InChI=1S/C12H17BrClNO.ClH/c1-2-3-4-11(16)12(15)8-5-6-10(14)9(13)7-8;/h5-7,11-12,16H,2-4,15H2,1H3;1H/t11-,12+;/m1./s1. The van der Waals surface area contributed by atoms with Crippen LogP contribution in [0.2, 0.25) is 5.02 Å². The van der Waals surface area contributed by atoms with E-state index < -0.39 is 6.10 Å². The molecule has 0 radical (unpaired) electrons. The summed E-state index contributed by atoms with van der Waals surface area (Å²) in [7, 11) is 0. The molecule has 5 heteroatoms. The molecule has 1 aromatic carbocycles. The molecule has 17 heavy (non-hydrogen) atoms. The lowest BCUT2D eigenvalue weighted by Gasteiger charge is -2.19. The van der Waals surface area contributed by atoms with Gasteiger partial charge in [-0.15, -0.1) is 12.4 Å². The fraction of sp³-hybridized carbons (Fsp3) is 0.500. The van der Waals surface area contributed by atoms with Gasteiger partial charge >= 0.3 is 0 Å². The summed E-state index contributed by atoms with van der Waals surface area (Å²) in [5.74, 6) is 0. The summed E-state index contributed by atoms with van der Waals surface area (Å²) in [6, 6.07) is 5.16. The second-order valence-corrected chi connectivity index (χ2v) is 5.17. The predicted octanol–water partition coefficient (Wildman–Crippen LogP) is 4.08. The highest BCUT2D eigenvalue weighted by Gasteiger charge is 2.16. The molecule has 2 nitrogen and oxygen atoms in total. The first-order valence-corrected chi connectivity index (χ1v) is 6.62. The summed E-state index contributed by atoms with van der Waals surface area (Å²) in [5, 5.41) is 10.5. The van der Waals surface area contributed by atoms with Crippen LogP contribution in [0.5, 0.6) is 0 Å². The van der Waals surface area contributed by atoms with Crippen LogP contribution in [0.3, 0.4) is 0 Å². The molecule has 1 rings (SSSR count). The Hall–Kier alpha value is 0.200. The molecule has 1 aromatic rings. The van der Waals surface area contributed by atoms with Crippen LogP contribution < -0.4 is 5.73 Å². The highest BCUT2D eigenvalue weighted by Crippen LogP contribution is 2.27. The molecule has 0 amide bonds. The van der Waals surface area contributed by atoms with Gasteiger partial charge in [0.05, 0.1) is 17.2 Å². The molecule has 2 atom stereocenters. The van der Waals surface area contributed by atoms with E-state index in [9.17, 15) is 5.11 Å². The van der Waals surface area contributed by atoms with Crippen LogP contribution in [0.4, 0.5) is 0 Å². The molecule has 0 bridgehead atoms. The molecule has 0 spiro atoms. The van der Waals surface area contributed by atoms with Crippen molar-refractivity contribution in [1.29, 1.82) is 0 Å². The van der Waals surface area contributed by atoms with Crippen molar-refractivity contribution in [2.45, 2.75) is 38.3 Å². The number of hydrogen-bond acceptors (Lipinski definition) is 2. The lowest BCUT2D eigenvalue weighted by atomic mass is 9.98. The average molecular weight is 343 g/mol. The molecule has 98 valence electrons. The van der Waals surface area contributed by atoms with Gasteiger partial charge < -0.3 is 10.8 Å². The maximum absolute atomic E-state index is 9.89. The zero-order chi connectivity index (χ0) is 12.1. The monoisotopic (exact) mass is 341 g/mol. The molecule has 0 fully saturated rings. The quantitative estimate of drug-likeness (QED) is 0.847. The first-order chi connectivity index (χ1) is 7.56. The van der Waals surface area contributed by atoms with Crippen LogP contribution >= 0.6 is 39.9 Å². The smallest absolute Gasteiger partial charge is 0.0732 e. The molecule has 0 aliphatic carbocycles. The maximum atomic E-state index is 9.89. The van der Waals surface area contributed by atoms with Crippen molar-refractivity contribution in [3.05, 3.63) is 33.3 Å². The molecule has 3 N–H and O–H groups in total. The van der Waals surface area contributed by atoms with Crippen molar-refractivity contribution in [3.8, 4) is 0 Å². The number of halogens is 3. The predicted molar refractivity (Wildman–Crippen MR) is 78.9 cm³/mol. The number of nitrogens with two attached hydrogens (primary N) is 1. The van der Waals surface area contributed by atoms with E-state index in [2.05, 4.69) is 22.9 Å². The second kappa shape index (κ2) is 8.33. The molecule has 0 saturated heterocycles. The number of rotatable bonds is 5. The van der Waals surface area contributed by atoms with Crippen LogP contribution in [0.1, 0.15) is 37.8 Å². The molecule has 0 saturated carbocycles. The highest BCUT2D eigenvalue weighted by atomic mass is 79.9. The van der Waals surface area contributed by atoms with Crippen LogP contribution in [0, 0.1) is 0 Å². The fourth-order valence-electron chi connectivity index (χ4n) is 1.53. The van der Waals surface area contributed by atoms with Crippen LogP contribution in [-0.4, -0.2) is 11.2 Å². The highest BCUT2D eigenvalue weighted by molar-refractivity contribution is 9.10. The molecular formula is C12H18BrCl2NO. The number of benzene rings is 1. The van der Waals surface area contributed by atoms with Gasteiger partial charge in [-0.1, -0.05) is 37.4 Å². The number of unbranched alkanes of at least 4 members (excludes halogenated alkanes) is 1. The summed E-state index contributed by atoms with van der Waals surface area (Å²) in [5.41, 5.74) is 6.89. The number of hydrogen-bond donors (Lipinski definition) is 2. The van der Waals surface area contributed by atoms with Gasteiger partial charge in [0, 0.05) is 4.47 Å². The molecule has 0 aromatic heterocycles. The summed E-state index contributed by atoms with van der Waals surface area (Å²) in [6.07, 6.45) is 2.29. The maximum Gasteiger partial charge on any atom is 0.0732 e. The van der Waals surface area contributed by atoms with E-state index in [1.54, 1.807) is 6.07 Å². The minimum atomic E-state index is -0.493.